The third kappa shape index (κ3) is 1.28. The van der Waals surface area contributed by atoms with Crippen LogP contribution in [-0.2, 0) is 0 Å². The van der Waals surface area contributed by atoms with Crippen LogP contribution >= 0.6 is 0 Å². The van der Waals surface area contributed by atoms with Gasteiger partial charge in [-0.15, -0.1) is 0 Å². The Morgan fingerprint density at radius 3 is 2.33 bits per heavy atom. The minimum absolute atomic E-state index is 0.731. The van der Waals surface area contributed by atoms with E-state index < -0.39 is 0 Å². The summed E-state index contributed by atoms with van der Waals surface area (Å²) in [6, 6.07) is 1.65. The molecule has 0 aromatic carbocycles. The van der Waals surface area contributed by atoms with Crippen LogP contribution < -0.4 is 0 Å². The van der Waals surface area contributed by atoms with Gasteiger partial charge in [-0.1, -0.05) is 6.42 Å². The van der Waals surface area contributed by atoms with E-state index in [0.29, 0.717) is 0 Å². The van der Waals surface area contributed by atoms with E-state index in [1.54, 1.807) is 0 Å². The summed E-state index contributed by atoms with van der Waals surface area (Å²) in [7, 11) is 2.30. The molecule has 2 saturated carbocycles. The van der Waals surface area contributed by atoms with E-state index in [4.69, 9.17) is 0 Å². The van der Waals surface area contributed by atoms with E-state index in [9.17, 15) is 0 Å². The molecule has 0 aromatic rings. The van der Waals surface area contributed by atoms with Crippen molar-refractivity contribution < 1.29 is 0 Å². The van der Waals surface area contributed by atoms with Gasteiger partial charge in [-0.2, -0.15) is 0 Å². The van der Waals surface area contributed by atoms with Gasteiger partial charge < -0.3 is 4.90 Å². The molecule has 3 unspecified atom stereocenters. The molecule has 70 valence electrons. The van der Waals surface area contributed by atoms with Crippen molar-refractivity contribution in [1.82, 2.24) is 4.90 Å². The SMILES string of the molecule is CC(C)N(C)C1CC2CCC1C2. The molecule has 0 heterocycles. The Balaban J connectivity index is 1.97. The Labute approximate surface area is 76.1 Å². The molecule has 0 aliphatic heterocycles. The summed E-state index contributed by atoms with van der Waals surface area (Å²) >= 11 is 0. The molecular formula is C11H21N. The molecule has 3 atom stereocenters. The monoisotopic (exact) mass is 167 g/mol. The summed E-state index contributed by atoms with van der Waals surface area (Å²) in [4.78, 5) is 2.59. The molecule has 0 amide bonds. The Morgan fingerprint density at radius 1 is 1.17 bits per heavy atom. The zero-order chi connectivity index (χ0) is 8.72. The fourth-order valence-corrected chi connectivity index (χ4v) is 3.09. The maximum atomic E-state index is 2.59. The summed E-state index contributed by atoms with van der Waals surface area (Å²) < 4.78 is 0. The van der Waals surface area contributed by atoms with Gasteiger partial charge in [0.25, 0.3) is 0 Å². The van der Waals surface area contributed by atoms with E-state index in [0.717, 1.165) is 23.9 Å². The lowest BCUT2D eigenvalue weighted by Crippen LogP contribution is -2.40. The first-order valence-corrected chi connectivity index (χ1v) is 5.40. The molecule has 0 aromatic heterocycles. The molecular weight excluding hydrogens is 146 g/mol. The second kappa shape index (κ2) is 3.02. The number of nitrogens with zero attached hydrogens (tertiary/aromatic N) is 1. The summed E-state index contributed by atoms with van der Waals surface area (Å²) in [6.45, 7) is 4.62. The largest absolute Gasteiger partial charge is 0.301 e. The highest BCUT2D eigenvalue weighted by molar-refractivity contribution is 4.95. The van der Waals surface area contributed by atoms with Gasteiger partial charge in [-0.25, -0.2) is 0 Å². The minimum Gasteiger partial charge on any atom is -0.301 e. The molecule has 1 nitrogen and oxygen atoms in total. The third-order valence-electron chi connectivity index (χ3n) is 4.04. The Hall–Kier alpha value is -0.0400. The maximum Gasteiger partial charge on any atom is 0.0126 e. The van der Waals surface area contributed by atoms with Crippen LogP contribution in [0.15, 0.2) is 0 Å². The lowest BCUT2D eigenvalue weighted by Gasteiger charge is -2.34. The normalized spacial score (nSPS) is 40.2. The first-order valence-electron chi connectivity index (χ1n) is 5.40. The zero-order valence-electron chi connectivity index (χ0n) is 8.59. The van der Waals surface area contributed by atoms with Gasteiger partial charge in [-0.05, 0) is 52.0 Å². The molecule has 2 rings (SSSR count). The van der Waals surface area contributed by atoms with Crippen LogP contribution in [0.4, 0.5) is 0 Å². The minimum atomic E-state index is 0.731. The van der Waals surface area contributed by atoms with Gasteiger partial charge in [-0.3, -0.25) is 0 Å². The van der Waals surface area contributed by atoms with Crippen molar-refractivity contribution in [2.75, 3.05) is 7.05 Å². The van der Waals surface area contributed by atoms with Crippen molar-refractivity contribution in [3.63, 3.8) is 0 Å². The predicted octanol–water partition coefficient (Wildman–Crippen LogP) is 2.52. The molecule has 2 aliphatic carbocycles. The summed E-state index contributed by atoms with van der Waals surface area (Å²) in [6.07, 6.45) is 6.04. The van der Waals surface area contributed by atoms with Gasteiger partial charge in [0, 0.05) is 12.1 Å². The van der Waals surface area contributed by atoms with Crippen LogP contribution in [0.25, 0.3) is 0 Å². The fraction of sp³-hybridized carbons (Fsp3) is 1.00. The van der Waals surface area contributed by atoms with Crippen molar-refractivity contribution in [2.24, 2.45) is 11.8 Å². The molecule has 0 saturated heterocycles. The summed E-state index contributed by atoms with van der Waals surface area (Å²) in [5.41, 5.74) is 0. The molecule has 0 radical (unpaired) electrons. The molecule has 2 fully saturated rings. The van der Waals surface area contributed by atoms with E-state index in [1.165, 1.54) is 25.7 Å². The Bertz CT molecular complexity index is 164. The highest BCUT2D eigenvalue weighted by Gasteiger charge is 2.41. The van der Waals surface area contributed by atoms with Gasteiger partial charge in [0.1, 0.15) is 0 Å². The summed E-state index contributed by atoms with van der Waals surface area (Å²) in [5.74, 6) is 2.13. The fourth-order valence-electron chi connectivity index (χ4n) is 3.09. The van der Waals surface area contributed by atoms with Crippen molar-refractivity contribution in [3.05, 3.63) is 0 Å². The topological polar surface area (TPSA) is 3.24 Å². The first kappa shape index (κ1) is 8.55. The van der Waals surface area contributed by atoms with Crippen LogP contribution in [0.2, 0.25) is 0 Å². The van der Waals surface area contributed by atoms with E-state index >= 15 is 0 Å². The van der Waals surface area contributed by atoms with Crippen LogP contribution in [0.1, 0.15) is 39.5 Å². The van der Waals surface area contributed by atoms with Crippen LogP contribution in [0, 0.1) is 11.8 Å². The van der Waals surface area contributed by atoms with Crippen LogP contribution in [0.3, 0.4) is 0 Å². The van der Waals surface area contributed by atoms with Gasteiger partial charge in [0.05, 0.1) is 0 Å². The Kier molecular flexibility index (Phi) is 2.16. The second-order valence-electron chi connectivity index (χ2n) is 5.00. The molecule has 2 aliphatic rings. The van der Waals surface area contributed by atoms with Gasteiger partial charge in [0.2, 0.25) is 0 Å². The number of fused-ring (bicyclic) bond motifs is 2. The van der Waals surface area contributed by atoms with Crippen molar-refractivity contribution >= 4 is 0 Å². The molecule has 12 heavy (non-hydrogen) atoms. The number of rotatable bonds is 2. The van der Waals surface area contributed by atoms with Gasteiger partial charge >= 0.3 is 0 Å². The lowest BCUT2D eigenvalue weighted by atomic mass is 9.93. The second-order valence-corrected chi connectivity index (χ2v) is 5.00. The highest BCUT2D eigenvalue weighted by atomic mass is 15.2. The maximum absolute atomic E-state index is 2.59. The molecule has 2 bridgehead atoms. The number of hydrogen-bond donors (Lipinski definition) is 0. The van der Waals surface area contributed by atoms with Crippen LogP contribution in [0.5, 0.6) is 0 Å². The third-order valence-corrected chi connectivity index (χ3v) is 4.04. The van der Waals surface area contributed by atoms with E-state index in [1.807, 2.05) is 0 Å². The van der Waals surface area contributed by atoms with Crippen molar-refractivity contribution in [2.45, 2.75) is 51.6 Å². The van der Waals surface area contributed by atoms with E-state index in [2.05, 4.69) is 25.8 Å². The molecule has 1 heteroatoms. The van der Waals surface area contributed by atoms with Crippen molar-refractivity contribution in [1.29, 1.82) is 0 Å². The average molecular weight is 167 g/mol. The zero-order valence-corrected chi connectivity index (χ0v) is 8.59. The van der Waals surface area contributed by atoms with Gasteiger partial charge in [0.15, 0.2) is 0 Å². The number of hydrogen-bond acceptors (Lipinski definition) is 1. The van der Waals surface area contributed by atoms with Crippen molar-refractivity contribution in [3.8, 4) is 0 Å². The predicted molar refractivity (Wildman–Crippen MR) is 52.1 cm³/mol. The standard InChI is InChI=1S/C11H21N/c1-8(2)12(3)11-7-9-4-5-10(11)6-9/h8-11H,4-7H2,1-3H3. The lowest BCUT2D eigenvalue weighted by molar-refractivity contribution is 0.142. The smallest absolute Gasteiger partial charge is 0.0126 e. The summed E-state index contributed by atoms with van der Waals surface area (Å²) in [5, 5.41) is 0. The molecule has 0 spiro atoms. The highest BCUT2D eigenvalue weighted by Crippen LogP contribution is 2.46. The van der Waals surface area contributed by atoms with E-state index in [-0.39, 0.29) is 0 Å². The average Bonchev–Trinajstić information content (AvgIpc) is 2.62. The quantitative estimate of drug-likeness (QED) is 0.611. The Morgan fingerprint density at radius 2 is 1.92 bits per heavy atom. The van der Waals surface area contributed by atoms with Crippen LogP contribution in [-0.4, -0.2) is 24.0 Å². The molecule has 0 N–H and O–H groups in total. The first-order chi connectivity index (χ1) is 5.68.